The summed E-state index contributed by atoms with van der Waals surface area (Å²) in [6.45, 7) is 1.02. The van der Waals surface area contributed by atoms with Crippen molar-refractivity contribution in [3.63, 3.8) is 0 Å². The minimum absolute atomic E-state index is 0.0253. The lowest BCUT2D eigenvalue weighted by atomic mass is 10.1. The van der Waals surface area contributed by atoms with Crippen molar-refractivity contribution in [2.24, 2.45) is 0 Å². The third-order valence-electron chi connectivity index (χ3n) is 5.74. The Balaban J connectivity index is 1.68. The zero-order chi connectivity index (χ0) is 26.9. The molecule has 0 saturated carbocycles. The molecule has 1 amide bonds. The molecule has 0 bridgehead atoms. The number of nitrogens with two attached hydrogens (primary N) is 1. The van der Waals surface area contributed by atoms with Gasteiger partial charge in [0.25, 0.3) is 5.91 Å². The number of hydrogen-bond donors (Lipinski definition) is 2. The number of nitrogens with zero attached hydrogens (tertiary/aromatic N) is 4. The van der Waals surface area contributed by atoms with Crippen molar-refractivity contribution in [1.29, 1.82) is 0 Å². The summed E-state index contributed by atoms with van der Waals surface area (Å²) >= 11 is 0. The minimum Gasteiger partial charge on any atom is -0.496 e. The van der Waals surface area contributed by atoms with E-state index < -0.39 is 23.8 Å². The van der Waals surface area contributed by atoms with Crippen LogP contribution in [0, 0.1) is 5.82 Å². The van der Waals surface area contributed by atoms with Crippen LogP contribution in [0.2, 0.25) is 0 Å². The number of anilines is 1. The van der Waals surface area contributed by atoms with Crippen LogP contribution in [0.1, 0.15) is 34.6 Å². The lowest BCUT2D eigenvalue weighted by Crippen LogP contribution is -2.23. The highest BCUT2D eigenvalue weighted by Gasteiger charge is 2.41. The number of nitrogens with one attached hydrogen (secondary N) is 1. The SMILES string of the molecule is COc1ccc(F)cc1C(=O)NCc1ccc(-c2nc([C@H](C)C(F)(F)F)n3ncnc(N)c23)c(OC)c1. The summed E-state index contributed by atoms with van der Waals surface area (Å²) in [5.74, 6) is -3.01. The summed E-state index contributed by atoms with van der Waals surface area (Å²) in [7, 11) is 2.75. The van der Waals surface area contributed by atoms with Gasteiger partial charge in [0.15, 0.2) is 5.82 Å². The molecule has 1 atom stereocenters. The third kappa shape index (κ3) is 4.97. The van der Waals surface area contributed by atoms with Crippen LogP contribution in [-0.2, 0) is 6.54 Å². The summed E-state index contributed by atoms with van der Waals surface area (Å²) in [6, 6.07) is 8.40. The van der Waals surface area contributed by atoms with Crippen LogP contribution in [0.5, 0.6) is 11.5 Å². The topological polar surface area (TPSA) is 117 Å². The molecule has 0 saturated heterocycles. The number of methoxy groups -OCH3 is 2. The normalized spacial score (nSPS) is 12.4. The maximum atomic E-state index is 13.6. The van der Waals surface area contributed by atoms with E-state index in [9.17, 15) is 22.4 Å². The van der Waals surface area contributed by atoms with Crippen LogP contribution < -0.4 is 20.5 Å². The molecule has 4 aromatic rings. The van der Waals surface area contributed by atoms with Crippen LogP contribution in [0.4, 0.5) is 23.4 Å². The first-order valence-corrected chi connectivity index (χ1v) is 10.9. The van der Waals surface area contributed by atoms with Gasteiger partial charge in [0.1, 0.15) is 46.6 Å². The number of benzene rings is 2. The van der Waals surface area contributed by atoms with Gasteiger partial charge < -0.3 is 20.5 Å². The minimum atomic E-state index is -4.56. The molecule has 3 N–H and O–H groups in total. The molecule has 0 unspecified atom stereocenters. The molecular weight excluding hydrogens is 496 g/mol. The van der Waals surface area contributed by atoms with E-state index in [2.05, 4.69) is 20.4 Å². The van der Waals surface area contributed by atoms with Gasteiger partial charge in [-0.25, -0.2) is 18.9 Å². The summed E-state index contributed by atoms with van der Waals surface area (Å²) < 4.78 is 65.7. The number of rotatable bonds is 7. The first kappa shape index (κ1) is 25.7. The van der Waals surface area contributed by atoms with E-state index in [1.165, 1.54) is 26.4 Å². The maximum absolute atomic E-state index is 13.6. The molecule has 9 nitrogen and oxygen atoms in total. The van der Waals surface area contributed by atoms with Crippen molar-refractivity contribution in [1.82, 2.24) is 24.9 Å². The smallest absolute Gasteiger partial charge is 0.398 e. The fourth-order valence-corrected chi connectivity index (χ4v) is 3.77. The van der Waals surface area contributed by atoms with E-state index in [1.807, 2.05) is 0 Å². The van der Waals surface area contributed by atoms with Gasteiger partial charge in [0, 0.05) is 12.1 Å². The molecule has 37 heavy (non-hydrogen) atoms. The quantitative estimate of drug-likeness (QED) is 0.354. The Bertz CT molecular complexity index is 1470. The van der Waals surface area contributed by atoms with Crippen molar-refractivity contribution < 1.29 is 31.8 Å². The van der Waals surface area contributed by atoms with Gasteiger partial charge >= 0.3 is 6.18 Å². The molecule has 194 valence electrons. The van der Waals surface area contributed by atoms with Crippen molar-refractivity contribution in [3.05, 3.63) is 65.5 Å². The molecule has 0 spiro atoms. The number of fused-ring (bicyclic) bond motifs is 1. The van der Waals surface area contributed by atoms with E-state index in [1.54, 1.807) is 18.2 Å². The number of nitrogen functional groups attached to an aromatic ring is 1. The van der Waals surface area contributed by atoms with Gasteiger partial charge in [-0.15, -0.1) is 0 Å². The third-order valence-corrected chi connectivity index (χ3v) is 5.74. The first-order valence-electron chi connectivity index (χ1n) is 10.9. The van der Waals surface area contributed by atoms with Crippen molar-refractivity contribution in [2.75, 3.05) is 20.0 Å². The standard InChI is InChI=1S/C24H22F4N6O3/c1-12(24(26,27)28)22-33-19(20-21(29)31-11-32-34(20)22)15-6-4-13(8-18(15)37-3)10-30-23(35)16-9-14(25)5-7-17(16)36-2/h4-9,11-12H,10H2,1-3H3,(H,30,35)(H2,29,31,32)/t12-/m0/s1. The van der Waals surface area contributed by atoms with Gasteiger partial charge in [-0.05, 0) is 42.8 Å². The Labute approximate surface area is 208 Å². The number of halogens is 4. The highest BCUT2D eigenvalue weighted by atomic mass is 19.4. The van der Waals surface area contributed by atoms with Crippen molar-refractivity contribution in [3.8, 4) is 22.8 Å². The highest BCUT2D eigenvalue weighted by Crippen LogP contribution is 2.39. The monoisotopic (exact) mass is 518 g/mol. The van der Waals surface area contributed by atoms with Crippen LogP contribution in [-0.4, -0.2) is 45.9 Å². The van der Waals surface area contributed by atoms with Crippen LogP contribution >= 0.6 is 0 Å². The van der Waals surface area contributed by atoms with E-state index in [0.29, 0.717) is 11.1 Å². The fourth-order valence-electron chi connectivity index (χ4n) is 3.77. The highest BCUT2D eigenvalue weighted by molar-refractivity contribution is 5.97. The predicted molar refractivity (Wildman–Crippen MR) is 126 cm³/mol. The number of carbonyl (C=O) groups excluding carboxylic acids is 1. The van der Waals surface area contributed by atoms with Gasteiger partial charge in [0.2, 0.25) is 0 Å². The molecule has 0 fully saturated rings. The van der Waals surface area contributed by atoms with Gasteiger partial charge in [-0.2, -0.15) is 18.3 Å². The number of imidazole rings is 1. The van der Waals surface area contributed by atoms with Crippen molar-refractivity contribution in [2.45, 2.75) is 25.6 Å². The fraction of sp³-hybridized carbons (Fsp3) is 0.250. The summed E-state index contributed by atoms with van der Waals surface area (Å²) in [4.78, 5) is 20.7. The van der Waals surface area contributed by atoms with E-state index in [-0.39, 0.29) is 46.5 Å². The van der Waals surface area contributed by atoms with Gasteiger partial charge in [-0.3, -0.25) is 4.79 Å². The van der Waals surface area contributed by atoms with Gasteiger partial charge in [-0.1, -0.05) is 6.07 Å². The summed E-state index contributed by atoms with van der Waals surface area (Å²) in [5, 5.41) is 6.61. The lowest BCUT2D eigenvalue weighted by Gasteiger charge is -2.13. The Morgan fingerprint density at radius 1 is 1.14 bits per heavy atom. The van der Waals surface area contributed by atoms with E-state index in [4.69, 9.17) is 15.2 Å². The number of alkyl halides is 3. The molecule has 4 rings (SSSR count). The molecule has 0 aliphatic heterocycles. The molecule has 0 aliphatic rings. The predicted octanol–water partition coefficient (Wildman–Crippen LogP) is 4.13. The zero-order valence-electron chi connectivity index (χ0n) is 19.9. The van der Waals surface area contributed by atoms with Crippen LogP contribution in [0.25, 0.3) is 16.8 Å². The van der Waals surface area contributed by atoms with Crippen LogP contribution in [0.3, 0.4) is 0 Å². The molecule has 2 aromatic heterocycles. The molecule has 13 heteroatoms. The second kappa shape index (κ2) is 9.91. The summed E-state index contributed by atoms with van der Waals surface area (Å²) in [6.07, 6.45) is -3.51. The second-order valence-corrected chi connectivity index (χ2v) is 8.05. The summed E-state index contributed by atoms with van der Waals surface area (Å²) in [5.41, 5.74) is 7.18. The average molecular weight is 518 g/mol. The Morgan fingerprint density at radius 3 is 2.54 bits per heavy atom. The number of hydrogen-bond acceptors (Lipinski definition) is 7. The number of ether oxygens (including phenoxy) is 2. The first-order chi connectivity index (χ1) is 17.5. The number of amides is 1. The zero-order valence-corrected chi connectivity index (χ0v) is 19.9. The number of aromatic nitrogens is 4. The average Bonchev–Trinajstić information content (AvgIpc) is 3.26. The van der Waals surface area contributed by atoms with Crippen LogP contribution in [0.15, 0.2) is 42.7 Å². The Morgan fingerprint density at radius 2 is 1.86 bits per heavy atom. The largest absolute Gasteiger partial charge is 0.496 e. The second-order valence-electron chi connectivity index (χ2n) is 8.05. The Hall–Kier alpha value is -4.42. The Kier molecular flexibility index (Phi) is 6.88. The van der Waals surface area contributed by atoms with E-state index in [0.717, 1.165) is 23.8 Å². The molecular formula is C24H22F4N6O3. The lowest BCUT2D eigenvalue weighted by molar-refractivity contribution is -0.148. The molecule has 0 aliphatic carbocycles. The maximum Gasteiger partial charge on any atom is 0.398 e. The molecule has 2 heterocycles. The molecule has 0 radical (unpaired) electrons. The molecule has 2 aromatic carbocycles. The number of carbonyl (C=O) groups is 1. The van der Waals surface area contributed by atoms with Gasteiger partial charge in [0.05, 0.1) is 19.8 Å². The van der Waals surface area contributed by atoms with Crippen molar-refractivity contribution >= 4 is 17.2 Å². The van der Waals surface area contributed by atoms with E-state index >= 15 is 0 Å².